The summed E-state index contributed by atoms with van der Waals surface area (Å²) in [4.78, 5) is 0. The van der Waals surface area contributed by atoms with Crippen molar-refractivity contribution in [3.05, 3.63) is 120 Å². The van der Waals surface area contributed by atoms with E-state index >= 15 is 0 Å². The second-order valence-corrected chi connectivity index (χ2v) is 9.63. The molecule has 2 atom stereocenters. The lowest BCUT2D eigenvalue weighted by molar-refractivity contribution is 0.482. The van der Waals surface area contributed by atoms with Crippen LogP contribution in [0.3, 0.4) is 0 Å². The third-order valence-corrected chi connectivity index (χ3v) is 7.76. The standard InChI is InChI=1S/C29H23NS/c1-29(18-6-8-20-7-2-4-10-26(20)29)21-12-14-22(15-13-21)30-23-16-17-28-25(19-23)24-9-3-5-11-27(24)31-28/h2-19,26,30H,1H3. The van der Waals surface area contributed by atoms with Gasteiger partial charge in [-0.1, -0.05) is 79.8 Å². The van der Waals surface area contributed by atoms with Crippen molar-refractivity contribution in [3.63, 3.8) is 0 Å². The number of fused-ring (bicyclic) bond motifs is 4. The molecule has 0 saturated heterocycles. The van der Waals surface area contributed by atoms with E-state index in [0.29, 0.717) is 5.92 Å². The van der Waals surface area contributed by atoms with Gasteiger partial charge >= 0.3 is 0 Å². The minimum Gasteiger partial charge on any atom is -0.356 e. The summed E-state index contributed by atoms with van der Waals surface area (Å²) in [6.45, 7) is 2.34. The maximum Gasteiger partial charge on any atom is 0.0391 e. The van der Waals surface area contributed by atoms with Crippen molar-refractivity contribution in [1.82, 2.24) is 0 Å². The van der Waals surface area contributed by atoms with Gasteiger partial charge in [-0.2, -0.15) is 0 Å². The van der Waals surface area contributed by atoms with Crippen LogP contribution in [0, 0.1) is 5.92 Å². The van der Waals surface area contributed by atoms with Crippen molar-refractivity contribution in [2.45, 2.75) is 12.3 Å². The van der Waals surface area contributed by atoms with Crippen molar-refractivity contribution in [2.24, 2.45) is 5.92 Å². The van der Waals surface area contributed by atoms with Crippen LogP contribution in [0.5, 0.6) is 0 Å². The quantitative estimate of drug-likeness (QED) is 0.353. The van der Waals surface area contributed by atoms with E-state index in [0.717, 1.165) is 11.4 Å². The third-order valence-electron chi connectivity index (χ3n) is 6.61. The molecule has 0 spiro atoms. The topological polar surface area (TPSA) is 12.0 Å². The molecule has 0 bridgehead atoms. The highest BCUT2D eigenvalue weighted by Crippen LogP contribution is 2.43. The molecule has 1 N–H and O–H groups in total. The maximum atomic E-state index is 3.60. The number of rotatable bonds is 3. The molecule has 0 saturated carbocycles. The molecule has 0 aliphatic heterocycles. The molecule has 2 aliphatic carbocycles. The van der Waals surface area contributed by atoms with Gasteiger partial charge in [0, 0.05) is 42.9 Å². The molecule has 6 rings (SSSR count). The molecular weight excluding hydrogens is 394 g/mol. The number of allylic oxidation sites excluding steroid dienone is 8. The largest absolute Gasteiger partial charge is 0.356 e. The highest BCUT2D eigenvalue weighted by atomic mass is 32.1. The molecular formula is C29H23NS. The Hall–Kier alpha value is -3.36. The van der Waals surface area contributed by atoms with Crippen molar-refractivity contribution in [3.8, 4) is 0 Å². The predicted molar refractivity (Wildman–Crippen MR) is 135 cm³/mol. The van der Waals surface area contributed by atoms with E-state index in [2.05, 4.69) is 122 Å². The van der Waals surface area contributed by atoms with Gasteiger partial charge in [-0.15, -0.1) is 11.3 Å². The molecule has 2 aliphatic rings. The van der Waals surface area contributed by atoms with Crippen LogP contribution in [0.25, 0.3) is 20.2 Å². The molecule has 3 aromatic carbocycles. The second kappa shape index (κ2) is 7.11. The SMILES string of the molecule is CC1(c2ccc(Nc3ccc4sc5ccccc5c4c3)cc2)C=CC=C2C=CC=CC21. The van der Waals surface area contributed by atoms with Gasteiger partial charge in [0.05, 0.1) is 0 Å². The molecule has 1 heterocycles. The zero-order chi connectivity index (χ0) is 20.8. The lowest BCUT2D eigenvalue weighted by Crippen LogP contribution is -2.32. The van der Waals surface area contributed by atoms with Gasteiger partial charge in [0.15, 0.2) is 0 Å². The number of benzene rings is 3. The number of thiophene rings is 1. The molecule has 1 nitrogen and oxygen atoms in total. The average Bonchev–Trinajstić information content (AvgIpc) is 3.18. The second-order valence-electron chi connectivity index (χ2n) is 8.54. The van der Waals surface area contributed by atoms with Crippen LogP contribution < -0.4 is 5.32 Å². The first-order valence-corrected chi connectivity index (χ1v) is 11.6. The number of hydrogen-bond donors (Lipinski definition) is 1. The summed E-state index contributed by atoms with van der Waals surface area (Å²) in [5, 5.41) is 6.25. The Labute approximate surface area is 186 Å². The van der Waals surface area contributed by atoms with Gasteiger partial charge in [0.2, 0.25) is 0 Å². The van der Waals surface area contributed by atoms with Gasteiger partial charge in [0.1, 0.15) is 0 Å². The van der Waals surface area contributed by atoms with E-state index in [1.807, 2.05) is 11.3 Å². The van der Waals surface area contributed by atoms with Gasteiger partial charge in [-0.3, -0.25) is 0 Å². The van der Waals surface area contributed by atoms with Crippen LogP contribution in [0.4, 0.5) is 11.4 Å². The zero-order valence-corrected chi connectivity index (χ0v) is 18.2. The first-order valence-electron chi connectivity index (χ1n) is 10.7. The Balaban J connectivity index is 1.29. The summed E-state index contributed by atoms with van der Waals surface area (Å²) in [5.41, 5.74) is 4.92. The summed E-state index contributed by atoms with van der Waals surface area (Å²) < 4.78 is 2.67. The van der Waals surface area contributed by atoms with Crippen molar-refractivity contribution >= 4 is 42.9 Å². The number of hydrogen-bond acceptors (Lipinski definition) is 2. The van der Waals surface area contributed by atoms with Crippen molar-refractivity contribution in [2.75, 3.05) is 5.32 Å². The summed E-state index contributed by atoms with van der Waals surface area (Å²) >= 11 is 1.85. The summed E-state index contributed by atoms with van der Waals surface area (Å²) in [6.07, 6.45) is 15.6. The van der Waals surface area contributed by atoms with Gasteiger partial charge < -0.3 is 5.32 Å². The predicted octanol–water partition coefficient (Wildman–Crippen LogP) is 8.29. The minimum atomic E-state index is -0.0294. The van der Waals surface area contributed by atoms with E-state index in [1.165, 1.54) is 31.3 Å². The molecule has 4 aromatic rings. The number of anilines is 2. The maximum absolute atomic E-state index is 3.60. The van der Waals surface area contributed by atoms with Gasteiger partial charge in [-0.05, 0) is 47.5 Å². The molecule has 150 valence electrons. The van der Waals surface area contributed by atoms with Crippen LogP contribution in [0.15, 0.2) is 115 Å². The van der Waals surface area contributed by atoms with E-state index in [-0.39, 0.29) is 5.41 Å². The number of nitrogens with one attached hydrogen (secondary N) is 1. The molecule has 0 radical (unpaired) electrons. The lowest BCUT2D eigenvalue weighted by Gasteiger charge is -2.38. The molecule has 1 aromatic heterocycles. The van der Waals surface area contributed by atoms with E-state index < -0.39 is 0 Å². The zero-order valence-electron chi connectivity index (χ0n) is 17.4. The lowest BCUT2D eigenvalue weighted by atomic mass is 9.65. The average molecular weight is 418 g/mol. The fraction of sp³-hybridized carbons (Fsp3) is 0.103. The van der Waals surface area contributed by atoms with Crippen LogP contribution >= 0.6 is 11.3 Å². The summed E-state index contributed by atoms with van der Waals surface area (Å²) in [7, 11) is 0. The Morgan fingerprint density at radius 2 is 1.61 bits per heavy atom. The molecule has 31 heavy (non-hydrogen) atoms. The summed E-state index contributed by atoms with van der Waals surface area (Å²) in [6, 6.07) is 24.2. The highest BCUT2D eigenvalue weighted by Gasteiger charge is 2.35. The normalized spacial score (nSPS) is 22.0. The molecule has 2 unspecified atom stereocenters. The van der Waals surface area contributed by atoms with Crippen molar-refractivity contribution in [1.29, 1.82) is 0 Å². The fourth-order valence-electron chi connectivity index (χ4n) is 4.88. The Kier molecular flexibility index (Phi) is 4.22. The van der Waals surface area contributed by atoms with Crippen LogP contribution in [0.1, 0.15) is 12.5 Å². The minimum absolute atomic E-state index is 0.0294. The van der Waals surface area contributed by atoms with Crippen LogP contribution in [-0.4, -0.2) is 0 Å². The van der Waals surface area contributed by atoms with Crippen molar-refractivity contribution < 1.29 is 0 Å². The Bertz CT molecular complexity index is 1410. The van der Waals surface area contributed by atoms with Gasteiger partial charge in [-0.25, -0.2) is 0 Å². The Morgan fingerprint density at radius 1 is 0.806 bits per heavy atom. The first kappa shape index (κ1) is 18.4. The molecule has 2 heteroatoms. The molecule has 0 amide bonds. The fourth-order valence-corrected chi connectivity index (χ4v) is 5.97. The summed E-state index contributed by atoms with van der Waals surface area (Å²) in [5.74, 6) is 0.385. The van der Waals surface area contributed by atoms with Crippen LogP contribution in [0.2, 0.25) is 0 Å². The van der Waals surface area contributed by atoms with E-state index in [4.69, 9.17) is 0 Å². The molecule has 0 fully saturated rings. The van der Waals surface area contributed by atoms with E-state index in [1.54, 1.807) is 0 Å². The monoisotopic (exact) mass is 417 g/mol. The van der Waals surface area contributed by atoms with E-state index in [9.17, 15) is 0 Å². The highest BCUT2D eigenvalue weighted by molar-refractivity contribution is 7.25. The van der Waals surface area contributed by atoms with Crippen LogP contribution in [-0.2, 0) is 5.41 Å². The Morgan fingerprint density at radius 3 is 2.52 bits per heavy atom. The first-order chi connectivity index (χ1) is 15.2. The smallest absolute Gasteiger partial charge is 0.0391 e. The third kappa shape index (κ3) is 3.07. The van der Waals surface area contributed by atoms with Gasteiger partial charge in [0.25, 0.3) is 0 Å².